The first-order valence-electron chi connectivity index (χ1n) is 8.25. The molecule has 2 rings (SSSR count). The second-order valence-corrected chi connectivity index (χ2v) is 6.97. The second-order valence-electron chi connectivity index (χ2n) is 6.97. The molecule has 0 aliphatic carbocycles. The Balaban J connectivity index is 2.41. The highest BCUT2D eigenvalue weighted by molar-refractivity contribution is 5.61. The maximum absolute atomic E-state index is 12.5. The molecular formula is C18H26N4O3. The van der Waals surface area contributed by atoms with Crippen LogP contribution in [0.4, 0.5) is 11.5 Å². The Morgan fingerprint density at radius 3 is 2.44 bits per heavy atom. The van der Waals surface area contributed by atoms with Gasteiger partial charge in [-0.25, -0.2) is 4.79 Å². The quantitative estimate of drug-likeness (QED) is 0.694. The predicted molar refractivity (Wildman–Crippen MR) is 99.9 cm³/mol. The maximum Gasteiger partial charge on any atom is 0.332 e. The molecule has 4 N–H and O–H groups in total. The highest BCUT2D eigenvalue weighted by atomic mass is 16.3. The van der Waals surface area contributed by atoms with E-state index in [1.54, 1.807) is 0 Å². The van der Waals surface area contributed by atoms with E-state index in [2.05, 4.69) is 5.32 Å². The fourth-order valence-corrected chi connectivity index (χ4v) is 2.59. The molecule has 0 amide bonds. The van der Waals surface area contributed by atoms with Crippen LogP contribution in [0.3, 0.4) is 0 Å². The average Bonchev–Trinajstić information content (AvgIpc) is 2.57. The topological polar surface area (TPSA) is 102 Å². The molecule has 0 atom stereocenters. The van der Waals surface area contributed by atoms with Gasteiger partial charge in [-0.1, -0.05) is 44.2 Å². The van der Waals surface area contributed by atoms with Crippen molar-refractivity contribution in [2.45, 2.75) is 26.8 Å². The van der Waals surface area contributed by atoms with Crippen LogP contribution >= 0.6 is 0 Å². The number of rotatable bonds is 7. The van der Waals surface area contributed by atoms with Crippen molar-refractivity contribution >= 4 is 11.5 Å². The highest BCUT2D eigenvalue weighted by Gasteiger charge is 2.20. The summed E-state index contributed by atoms with van der Waals surface area (Å²) in [5, 5.41) is 12.2. The molecule has 0 radical (unpaired) electrons. The number of hydrogen-bond donors (Lipinski definition) is 3. The highest BCUT2D eigenvalue weighted by Crippen LogP contribution is 2.21. The van der Waals surface area contributed by atoms with Crippen LogP contribution < -0.4 is 22.3 Å². The summed E-state index contributed by atoms with van der Waals surface area (Å²) in [7, 11) is 1.44. The zero-order chi connectivity index (χ0) is 18.6. The van der Waals surface area contributed by atoms with Crippen molar-refractivity contribution in [2.24, 2.45) is 12.5 Å². The number of nitrogens with zero attached hydrogens (tertiary/aromatic N) is 2. The van der Waals surface area contributed by atoms with Gasteiger partial charge in [0.1, 0.15) is 11.5 Å². The summed E-state index contributed by atoms with van der Waals surface area (Å²) in [5.41, 5.74) is 6.15. The van der Waals surface area contributed by atoms with E-state index in [1.807, 2.05) is 44.2 Å². The molecule has 1 aromatic carbocycles. The minimum absolute atomic E-state index is 0.0652. The summed E-state index contributed by atoms with van der Waals surface area (Å²) < 4.78 is 2.44. The summed E-state index contributed by atoms with van der Waals surface area (Å²) in [6.07, 6.45) is 0.587. The van der Waals surface area contributed by atoms with Gasteiger partial charge in [-0.3, -0.25) is 13.9 Å². The number of anilines is 2. The number of benzene rings is 1. The SMILES string of the molecule is Cn1c(=O)c(NCC(C)(C)CCO)c(N)n(Cc2ccccc2)c1=O. The van der Waals surface area contributed by atoms with Gasteiger partial charge in [0.25, 0.3) is 5.56 Å². The first kappa shape index (κ1) is 18.8. The van der Waals surface area contributed by atoms with E-state index in [0.29, 0.717) is 13.0 Å². The van der Waals surface area contributed by atoms with Crippen molar-refractivity contribution in [3.63, 3.8) is 0 Å². The Morgan fingerprint density at radius 1 is 1.20 bits per heavy atom. The van der Waals surface area contributed by atoms with Gasteiger partial charge in [-0.15, -0.1) is 0 Å². The molecule has 25 heavy (non-hydrogen) atoms. The molecule has 136 valence electrons. The molecule has 0 spiro atoms. The van der Waals surface area contributed by atoms with E-state index in [1.165, 1.54) is 11.6 Å². The fourth-order valence-electron chi connectivity index (χ4n) is 2.59. The molecule has 7 nitrogen and oxygen atoms in total. The molecule has 0 saturated heterocycles. The summed E-state index contributed by atoms with van der Waals surface area (Å²) in [4.78, 5) is 24.9. The van der Waals surface area contributed by atoms with Gasteiger partial charge in [0, 0.05) is 20.2 Å². The third-order valence-electron chi connectivity index (χ3n) is 4.30. The summed E-state index contributed by atoms with van der Waals surface area (Å²) >= 11 is 0. The molecule has 1 heterocycles. The molecule has 0 bridgehead atoms. The van der Waals surface area contributed by atoms with Crippen molar-refractivity contribution in [1.29, 1.82) is 0 Å². The largest absolute Gasteiger partial charge is 0.396 e. The van der Waals surface area contributed by atoms with Crippen LogP contribution in [0.15, 0.2) is 39.9 Å². The van der Waals surface area contributed by atoms with Crippen LogP contribution in [0.2, 0.25) is 0 Å². The van der Waals surface area contributed by atoms with Gasteiger partial charge in [0.2, 0.25) is 0 Å². The maximum atomic E-state index is 12.5. The average molecular weight is 346 g/mol. The van der Waals surface area contributed by atoms with Gasteiger partial charge < -0.3 is 16.2 Å². The standard InChI is InChI=1S/C18H26N4O3/c1-18(2,9-10-23)12-20-14-15(19)22(17(25)21(3)16(14)24)11-13-7-5-4-6-8-13/h4-8,20,23H,9-12,19H2,1-3H3. The van der Waals surface area contributed by atoms with Crippen molar-refractivity contribution in [2.75, 3.05) is 24.2 Å². The summed E-state index contributed by atoms with van der Waals surface area (Å²) in [5.74, 6) is 0.122. The fraction of sp³-hybridized carbons (Fsp3) is 0.444. The monoisotopic (exact) mass is 346 g/mol. The van der Waals surface area contributed by atoms with Gasteiger partial charge in [0.05, 0.1) is 6.54 Å². The van der Waals surface area contributed by atoms with E-state index in [-0.39, 0.29) is 30.1 Å². The van der Waals surface area contributed by atoms with Crippen molar-refractivity contribution < 1.29 is 5.11 Å². The van der Waals surface area contributed by atoms with Crippen LogP contribution in [-0.4, -0.2) is 27.4 Å². The van der Waals surface area contributed by atoms with Crippen LogP contribution in [-0.2, 0) is 13.6 Å². The Morgan fingerprint density at radius 2 is 1.84 bits per heavy atom. The molecule has 0 saturated carbocycles. The van der Waals surface area contributed by atoms with E-state index in [9.17, 15) is 9.59 Å². The Kier molecular flexibility index (Phi) is 5.69. The number of aromatic nitrogens is 2. The number of hydrogen-bond acceptors (Lipinski definition) is 5. The van der Waals surface area contributed by atoms with E-state index in [0.717, 1.165) is 10.1 Å². The van der Waals surface area contributed by atoms with Crippen LogP contribution in [0, 0.1) is 5.41 Å². The number of nitrogens with one attached hydrogen (secondary N) is 1. The van der Waals surface area contributed by atoms with Crippen LogP contribution in [0.25, 0.3) is 0 Å². The van der Waals surface area contributed by atoms with E-state index in [4.69, 9.17) is 10.8 Å². The lowest BCUT2D eigenvalue weighted by Crippen LogP contribution is -2.41. The minimum atomic E-state index is -0.452. The summed E-state index contributed by atoms with van der Waals surface area (Å²) in [6, 6.07) is 9.46. The lowest BCUT2D eigenvalue weighted by atomic mass is 9.90. The van der Waals surface area contributed by atoms with Crippen LogP contribution in [0.5, 0.6) is 0 Å². The van der Waals surface area contributed by atoms with E-state index < -0.39 is 11.2 Å². The first-order valence-corrected chi connectivity index (χ1v) is 8.25. The van der Waals surface area contributed by atoms with Gasteiger partial charge in [-0.05, 0) is 17.4 Å². The third-order valence-corrected chi connectivity index (χ3v) is 4.30. The molecule has 0 unspecified atom stereocenters. The number of nitrogen functional groups attached to an aromatic ring is 1. The number of nitrogens with two attached hydrogens (primary N) is 1. The molecular weight excluding hydrogens is 320 g/mol. The molecule has 0 aliphatic heterocycles. The zero-order valence-electron chi connectivity index (χ0n) is 15.0. The van der Waals surface area contributed by atoms with Gasteiger partial charge in [-0.2, -0.15) is 0 Å². The summed E-state index contributed by atoms with van der Waals surface area (Å²) in [6.45, 7) is 4.77. The molecule has 0 fully saturated rings. The molecule has 7 heteroatoms. The molecule has 2 aromatic rings. The van der Waals surface area contributed by atoms with Crippen molar-refractivity contribution in [1.82, 2.24) is 9.13 Å². The normalized spacial score (nSPS) is 11.5. The Bertz CT molecular complexity index is 838. The number of aliphatic hydroxyl groups excluding tert-OH is 1. The zero-order valence-corrected chi connectivity index (χ0v) is 15.0. The lowest BCUT2D eigenvalue weighted by Gasteiger charge is -2.25. The lowest BCUT2D eigenvalue weighted by molar-refractivity contribution is 0.220. The van der Waals surface area contributed by atoms with Crippen molar-refractivity contribution in [3.8, 4) is 0 Å². The first-order chi connectivity index (χ1) is 11.8. The predicted octanol–water partition coefficient (Wildman–Crippen LogP) is 0.998. The molecule has 1 aromatic heterocycles. The minimum Gasteiger partial charge on any atom is -0.396 e. The van der Waals surface area contributed by atoms with Gasteiger partial charge in [0.15, 0.2) is 0 Å². The van der Waals surface area contributed by atoms with Crippen molar-refractivity contribution in [3.05, 3.63) is 56.7 Å². The van der Waals surface area contributed by atoms with E-state index >= 15 is 0 Å². The third kappa shape index (κ3) is 4.30. The van der Waals surface area contributed by atoms with Gasteiger partial charge >= 0.3 is 5.69 Å². The smallest absolute Gasteiger partial charge is 0.332 e. The number of aliphatic hydroxyl groups is 1. The molecule has 0 aliphatic rings. The Labute approximate surface area is 146 Å². The second kappa shape index (κ2) is 7.57. The Hall–Kier alpha value is -2.54. The van der Waals surface area contributed by atoms with Crippen LogP contribution in [0.1, 0.15) is 25.8 Å².